The van der Waals surface area contributed by atoms with Crippen LogP contribution in [0.15, 0.2) is 66.1 Å². The summed E-state index contributed by atoms with van der Waals surface area (Å²) in [5.41, 5.74) is 1.64. The van der Waals surface area contributed by atoms with Crippen molar-refractivity contribution in [1.29, 1.82) is 0 Å². The first-order valence-electron chi connectivity index (χ1n) is 7.09. The number of hydrogen-bond donors (Lipinski definition) is 1. The first-order valence-corrected chi connectivity index (χ1v) is 8.07. The highest BCUT2D eigenvalue weighted by Crippen LogP contribution is 2.17. The van der Waals surface area contributed by atoms with E-state index < -0.39 is 0 Å². The number of carbonyl (C=O) groups is 1. The molecule has 6 heteroatoms. The minimum atomic E-state index is 0.0558. The van der Waals surface area contributed by atoms with Gasteiger partial charge in [0.1, 0.15) is 5.75 Å². The number of aromatic nitrogens is 3. The summed E-state index contributed by atoms with van der Waals surface area (Å²) in [5, 5.41) is 3.81. The van der Waals surface area contributed by atoms with Gasteiger partial charge in [0, 0.05) is 5.56 Å². The number of H-pyrrole nitrogens is 1. The summed E-state index contributed by atoms with van der Waals surface area (Å²) in [6.07, 6.45) is 1.62. The van der Waals surface area contributed by atoms with E-state index in [2.05, 4.69) is 10.1 Å². The van der Waals surface area contributed by atoms with Crippen LogP contribution < -0.4 is 9.42 Å². The first kappa shape index (κ1) is 15.3. The van der Waals surface area contributed by atoms with Gasteiger partial charge in [-0.1, -0.05) is 18.2 Å². The molecule has 2 aromatic carbocycles. The number of Topliss-reactive ketones (excluding diaryl/α,β-unsaturated/α-hetero) is 1. The largest absolute Gasteiger partial charge is 0.497 e. The van der Waals surface area contributed by atoms with Crippen LogP contribution in [0.25, 0.3) is 5.69 Å². The summed E-state index contributed by atoms with van der Waals surface area (Å²) in [7, 11) is 1.60. The lowest BCUT2D eigenvalue weighted by molar-refractivity contribution is -0.694. The maximum atomic E-state index is 12.3. The van der Waals surface area contributed by atoms with Gasteiger partial charge < -0.3 is 4.74 Å². The third-order valence-corrected chi connectivity index (χ3v) is 4.26. The van der Waals surface area contributed by atoms with Crippen molar-refractivity contribution in [2.75, 3.05) is 12.9 Å². The molecule has 0 amide bonds. The normalized spacial score (nSPS) is 10.5. The monoisotopic (exact) mass is 326 g/mol. The molecule has 0 fully saturated rings. The van der Waals surface area contributed by atoms with Crippen LogP contribution in [-0.4, -0.2) is 28.7 Å². The Morgan fingerprint density at radius 1 is 1.17 bits per heavy atom. The molecular weight excluding hydrogens is 310 g/mol. The number of carbonyl (C=O) groups excluding carboxylic acids is 1. The van der Waals surface area contributed by atoms with E-state index in [1.807, 2.05) is 35.0 Å². The molecule has 0 aliphatic heterocycles. The van der Waals surface area contributed by atoms with Crippen molar-refractivity contribution in [2.24, 2.45) is 0 Å². The van der Waals surface area contributed by atoms with Crippen molar-refractivity contribution in [3.05, 3.63) is 66.5 Å². The molecule has 0 aliphatic rings. The third kappa shape index (κ3) is 3.60. The van der Waals surface area contributed by atoms with E-state index in [0.717, 1.165) is 16.6 Å². The third-order valence-electron chi connectivity index (χ3n) is 3.31. The van der Waals surface area contributed by atoms with E-state index in [0.29, 0.717) is 11.3 Å². The zero-order valence-corrected chi connectivity index (χ0v) is 13.4. The predicted molar refractivity (Wildman–Crippen MR) is 88.2 cm³/mol. The Bertz CT molecular complexity index is 785. The highest BCUT2D eigenvalue weighted by Gasteiger charge is 2.18. The number of nitrogens with zero attached hydrogens (tertiary/aromatic N) is 2. The molecule has 0 saturated heterocycles. The molecule has 1 heterocycles. The highest BCUT2D eigenvalue weighted by molar-refractivity contribution is 7.99. The molecule has 3 rings (SSSR count). The predicted octanol–water partition coefficient (Wildman–Crippen LogP) is 2.67. The molecule has 3 aromatic rings. The number of ketones is 1. The Kier molecular flexibility index (Phi) is 4.73. The zero-order valence-electron chi connectivity index (χ0n) is 12.6. The van der Waals surface area contributed by atoms with Gasteiger partial charge in [-0.2, -0.15) is 5.10 Å². The Hall–Kier alpha value is -2.60. The summed E-state index contributed by atoms with van der Waals surface area (Å²) in [6.45, 7) is 0. The molecule has 1 N–H and O–H groups in total. The van der Waals surface area contributed by atoms with Gasteiger partial charge >= 0.3 is 5.16 Å². The average molecular weight is 326 g/mol. The van der Waals surface area contributed by atoms with E-state index >= 15 is 0 Å². The van der Waals surface area contributed by atoms with E-state index in [1.54, 1.807) is 37.7 Å². The first-order chi connectivity index (χ1) is 11.3. The fourth-order valence-electron chi connectivity index (χ4n) is 2.11. The van der Waals surface area contributed by atoms with Crippen LogP contribution in [0.5, 0.6) is 5.75 Å². The Labute approximate surface area is 138 Å². The second kappa shape index (κ2) is 7.11. The lowest BCUT2D eigenvalue weighted by Crippen LogP contribution is -2.34. The van der Waals surface area contributed by atoms with Gasteiger partial charge in [-0.3, -0.25) is 4.79 Å². The van der Waals surface area contributed by atoms with Crippen molar-refractivity contribution in [3.63, 3.8) is 0 Å². The number of benzene rings is 2. The second-order valence-electron chi connectivity index (χ2n) is 4.78. The van der Waals surface area contributed by atoms with Crippen molar-refractivity contribution in [2.45, 2.75) is 5.16 Å². The standard InChI is InChI=1S/C17H15N3O2S/c1-22-15-9-7-13(8-10-15)16(21)11-23-17-18-12-19-20(17)14-5-3-2-4-6-14/h2-10,12H,11H2,1H3/p+1. The number of hydrogen-bond acceptors (Lipinski definition) is 4. The Morgan fingerprint density at radius 3 is 2.61 bits per heavy atom. The lowest BCUT2D eigenvalue weighted by atomic mass is 10.1. The molecule has 0 atom stereocenters. The topological polar surface area (TPSA) is 58.9 Å². The molecule has 116 valence electrons. The summed E-state index contributed by atoms with van der Waals surface area (Å²) in [6, 6.07) is 17.0. The number of thioether (sulfide) groups is 1. The van der Waals surface area contributed by atoms with Crippen molar-refractivity contribution >= 4 is 17.5 Å². The lowest BCUT2D eigenvalue weighted by Gasteiger charge is -2.02. The van der Waals surface area contributed by atoms with Gasteiger partial charge in [0.15, 0.2) is 11.5 Å². The SMILES string of the molecule is COc1ccc(C(=O)CSc2nc[nH][n+]2-c2ccccc2)cc1. The molecule has 0 radical (unpaired) electrons. The molecule has 0 bridgehead atoms. The van der Waals surface area contributed by atoms with Crippen molar-refractivity contribution < 1.29 is 14.2 Å². The number of para-hydroxylation sites is 1. The van der Waals surface area contributed by atoms with Gasteiger partial charge in [0.05, 0.1) is 12.9 Å². The van der Waals surface area contributed by atoms with Gasteiger partial charge in [-0.05, 0) is 53.1 Å². The average Bonchev–Trinajstić information content (AvgIpc) is 3.09. The number of nitrogens with one attached hydrogen (secondary N) is 1. The quantitative estimate of drug-likeness (QED) is 0.430. The van der Waals surface area contributed by atoms with Crippen LogP contribution in [0.3, 0.4) is 0 Å². The van der Waals surface area contributed by atoms with Crippen LogP contribution in [-0.2, 0) is 0 Å². The van der Waals surface area contributed by atoms with Crippen LogP contribution in [0.1, 0.15) is 10.4 Å². The summed E-state index contributed by atoms with van der Waals surface area (Å²) >= 11 is 1.40. The molecule has 1 aromatic heterocycles. The summed E-state index contributed by atoms with van der Waals surface area (Å²) < 4.78 is 6.95. The minimum absolute atomic E-state index is 0.0558. The van der Waals surface area contributed by atoms with E-state index in [-0.39, 0.29) is 5.78 Å². The summed E-state index contributed by atoms with van der Waals surface area (Å²) in [4.78, 5) is 16.6. The maximum Gasteiger partial charge on any atom is 0.385 e. The van der Waals surface area contributed by atoms with E-state index in [4.69, 9.17) is 4.74 Å². The van der Waals surface area contributed by atoms with Gasteiger partial charge in [0.2, 0.25) is 6.33 Å². The number of rotatable bonds is 6. The fraction of sp³-hybridized carbons (Fsp3) is 0.118. The molecule has 0 saturated carbocycles. The van der Waals surface area contributed by atoms with Crippen molar-refractivity contribution in [1.82, 2.24) is 10.1 Å². The number of methoxy groups -OCH3 is 1. The van der Waals surface area contributed by atoms with Crippen LogP contribution in [0, 0.1) is 0 Å². The van der Waals surface area contributed by atoms with Crippen molar-refractivity contribution in [3.8, 4) is 11.4 Å². The Balaban J connectivity index is 1.69. The molecular formula is C17H16N3O2S+. The zero-order chi connectivity index (χ0) is 16.1. The number of aromatic amines is 1. The van der Waals surface area contributed by atoms with Crippen LogP contribution in [0.2, 0.25) is 0 Å². The van der Waals surface area contributed by atoms with Crippen LogP contribution >= 0.6 is 11.8 Å². The second-order valence-corrected chi connectivity index (χ2v) is 5.72. The van der Waals surface area contributed by atoms with E-state index in [1.165, 1.54) is 11.8 Å². The van der Waals surface area contributed by atoms with Gasteiger partial charge in [0.25, 0.3) is 0 Å². The molecule has 0 unspecified atom stereocenters. The Morgan fingerprint density at radius 2 is 1.91 bits per heavy atom. The minimum Gasteiger partial charge on any atom is -0.497 e. The van der Waals surface area contributed by atoms with E-state index in [9.17, 15) is 4.79 Å². The number of ether oxygens (including phenoxy) is 1. The highest BCUT2D eigenvalue weighted by atomic mass is 32.2. The fourth-order valence-corrected chi connectivity index (χ4v) is 2.95. The molecule has 0 spiro atoms. The smallest absolute Gasteiger partial charge is 0.385 e. The molecule has 0 aliphatic carbocycles. The molecule has 5 nitrogen and oxygen atoms in total. The molecule has 23 heavy (non-hydrogen) atoms. The maximum absolute atomic E-state index is 12.3. The van der Waals surface area contributed by atoms with Gasteiger partial charge in [-0.25, -0.2) is 0 Å². The summed E-state index contributed by atoms with van der Waals surface area (Å²) in [5.74, 6) is 1.12. The van der Waals surface area contributed by atoms with Gasteiger partial charge in [-0.15, -0.1) is 4.68 Å². The van der Waals surface area contributed by atoms with Crippen LogP contribution in [0.4, 0.5) is 0 Å².